The molecule has 0 radical (unpaired) electrons. The molecule has 2 aromatic rings. The van der Waals surface area contributed by atoms with Gasteiger partial charge in [0.2, 0.25) is 5.78 Å². The number of carbonyl (C=O) groups is 1. The molecular formula is C22H30N3O2+. The molecule has 27 heavy (non-hydrogen) atoms. The minimum Gasteiger partial charge on any atom is -0.495 e. The first-order valence-electron chi connectivity index (χ1n) is 10.0. The molecule has 1 aliphatic heterocycles. The number of aromatic nitrogens is 1. The molecule has 0 atom stereocenters. The number of nitrogens with one attached hydrogen (secondary N) is 1. The van der Waals surface area contributed by atoms with Gasteiger partial charge in [0.15, 0.2) is 0 Å². The van der Waals surface area contributed by atoms with Crippen molar-refractivity contribution >= 4 is 11.5 Å². The first-order chi connectivity index (χ1) is 13.1. The van der Waals surface area contributed by atoms with Crippen LogP contribution in [0.25, 0.3) is 0 Å². The Labute approximate surface area is 161 Å². The highest BCUT2D eigenvalue weighted by Crippen LogP contribution is 2.38. The van der Waals surface area contributed by atoms with Crippen molar-refractivity contribution in [2.24, 2.45) is 0 Å². The third kappa shape index (κ3) is 3.61. The van der Waals surface area contributed by atoms with Gasteiger partial charge in [-0.2, -0.15) is 0 Å². The van der Waals surface area contributed by atoms with Crippen molar-refractivity contribution < 1.29 is 14.4 Å². The number of hydrogen-bond acceptors (Lipinski definition) is 3. The maximum Gasteiger partial charge on any atom is 0.218 e. The van der Waals surface area contributed by atoms with Crippen LogP contribution in [0, 0.1) is 13.8 Å². The number of benzene rings is 1. The van der Waals surface area contributed by atoms with Crippen LogP contribution in [0.1, 0.15) is 40.6 Å². The average molecular weight is 369 g/mol. The molecule has 0 spiro atoms. The van der Waals surface area contributed by atoms with Crippen molar-refractivity contribution in [2.45, 2.75) is 32.7 Å². The molecule has 1 aliphatic carbocycles. The highest BCUT2D eigenvalue weighted by molar-refractivity contribution is 5.98. The van der Waals surface area contributed by atoms with Crippen LogP contribution in [0.5, 0.6) is 5.75 Å². The van der Waals surface area contributed by atoms with Gasteiger partial charge < -0.3 is 19.1 Å². The molecule has 2 aliphatic rings. The molecule has 0 bridgehead atoms. The van der Waals surface area contributed by atoms with Gasteiger partial charge in [-0.1, -0.05) is 12.1 Å². The summed E-state index contributed by atoms with van der Waals surface area (Å²) in [5.74, 6) is 1.21. The Kier molecular flexibility index (Phi) is 4.96. The predicted molar refractivity (Wildman–Crippen MR) is 107 cm³/mol. The van der Waals surface area contributed by atoms with Crippen molar-refractivity contribution in [1.82, 2.24) is 4.57 Å². The first-order valence-corrected chi connectivity index (χ1v) is 10.0. The lowest BCUT2D eigenvalue weighted by atomic mass is 10.1. The molecule has 1 N–H and O–H groups in total. The fourth-order valence-electron chi connectivity index (χ4n) is 4.41. The molecule has 1 saturated heterocycles. The molecule has 5 nitrogen and oxygen atoms in total. The number of ketones is 1. The second-order valence-electron chi connectivity index (χ2n) is 7.89. The molecule has 1 aromatic heterocycles. The quantitative estimate of drug-likeness (QED) is 0.793. The van der Waals surface area contributed by atoms with Crippen LogP contribution in [0.15, 0.2) is 30.3 Å². The van der Waals surface area contributed by atoms with Crippen molar-refractivity contribution in [3.8, 4) is 5.75 Å². The van der Waals surface area contributed by atoms with Crippen LogP contribution >= 0.6 is 0 Å². The topological polar surface area (TPSA) is 38.9 Å². The van der Waals surface area contributed by atoms with E-state index in [1.54, 1.807) is 7.11 Å². The van der Waals surface area contributed by atoms with Crippen LogP contribution in [-0.4, -0.2) is 50.2 Å². The van der Waals surface area contributed by atoms with Gasteiger partial charge in [-0.05, 0) is 44.9 Å². The lowest BCUT2D eigenvalue weighted by Crippen LogP contribution is -3.15. The van der Waals surface area contributed by atoms with Crippen LogP contribution in [0.2, 0.25) is 0 Å². The Morgan fingerprint density at radius 2 is 1.89 bits per heavy atom. The number of carbonyl (C=O) groups excluding carboxylic acids is 1. The monoisotopic (exact) mass is 368 g/mol. The molecule has 4 rings (SSSR count). The molecular weight excluding hydrogens is 338 g/mol. The molecule has 2 heterocycles. The Morgan fingerprint density at radius 1 is 1.19 bits per heavy atom. The summed E-state index contributed by atoms with van der Waals surface area (Å²) in [5, 5.41) is 0. The zero-order valence-corrected chi connectivity index (χ0v) is 16.6. The van der Waals surface area contributed by atoms with E-state index >= 15 is 0 Å². The number of nitrogens with zero attached hydrogens (tertiary/aromatic N) is 2. The van der Waals surface area contributed by atoms with Gasteiger partial charge in [-0.25, -0.2) is 0 Å². The van der Waals surface area contributed by atoms with Crippen molar-refractivity contribution in [2.75, 3.05) is 44.7 Å². The van der Waals surface area contributed by atoms with E-state index in [0.29, 0.717) is 12.6 Å². The molecule has 0 amide bonds. The van der Waals surface area contributed by atoms with Crippen molar-refractivity contribution in [1.29, 1.82) is 0 Å². The summed E-state index contributed by atoms with van der Waals surface area (Å²) < 4.78 is 7.86. The van der Waals surface area contributed by atoms with E-state index in [2.05, 4.69) is 41.5 Å². The summed E-state index contributed by atoms with van der Waals surface area (Å²) in [6.07, 6.45) is 2.50. The largest absolute Gasteiger partial charge is 0.495 e. The lowest BCUT2D eigenvalue weighted by Gasteiger charge is -2.34. The summed E-state index contributed by atoms with van der Waals surface area (Å²) in [5.41, 5.74) is 4.47. The summed E-state index contributed by atoms with van der Waals surface area (Å²) in [4.78, 5) is 16.7. The molecule has 0 unspecified atom stereocenters. The van der Waals surface area contributed by atoms with E-state index in [0.717, 1.165) is 48.9 Å². The number of rotatable bonds is 6. The minimum atomic E-state index is 0.288. The predicted octanol–water partition coefficient (Wildman–Crippen LogP) is 2.04. The van der Waals surface area contributed by atoms with Crippen molar-refractivity contribution in [3.05, 3.63) is 47.3 Å². The number of hydrogen-bond donors (Lipinski definition) is 1. The molecule has 1 saturated carbocycles. The molecule has 5 heteroatoms. The number of piperazine rings is 1. The Hall–Kier alpha value is -2.27. The Morgan fingerprint density at radius 3 is 2.56 bits per heavy atom. The van der Waals surface area contributed by atoms with Crippen LogP contribution in [0.3, 0.4) is 0 Å². The number of quaternary nitrogens is 1. The summed E-state index contributed by atoms with van der Waals surface area (Å²) in [7, 11) is 1.72. The second kappa shape index (κ2) is 7.39. The normalized spacial score (nSPS) is 18.0. The van der Waals surface area contributed by atoms with Crippen LogP contribution in [0.4, 0.5) is 5.69 Å². The number of Topliss-reactive ketones (excluding diaryl/α,β-unsaturated/α-hetero) is 1. The van der Waals surface area contributed by atoms with E-state index in [9.17, 15) is 4.79 Å². The average Bonchev–Trinajstić information content (AvgIpc) is 3.47. The van der Waals surface area contributed by atoms with Gasteiger partial charge in [-0.15, -0.1) is 0 Å². The number of methoxy groups -OCH3 is 1. The van der Waals surface area contributed by atoms with Gasteiger partial charge >= 0.3 is 0 Å². The Bertz CT molecular complexity index is 830. The highest BCUT2D eigenvalue weighted by Gasteiger charge is 2.30. The maximum atomic E-state index is 12.9. The van der Waals surface area contributed by atoms with Gasteiger partial charge in [0.05, 0.1) is 39.0 Å². The van der Waals surface area contributed by atoms with Crippen molar-refractivity contribution in [3.63, 3.8) is 0 Å². The highest BCUT2D eigenvalue weighted by atomic mass is 16.5. The van der Waals surface area contributed by atoms with E-state index in [1.807, 2.05) is 12.1 Å². The smallest absolute Gasteiger partial charge is 0.218 e. The molecule has 2 fully saturated rings. The maximum absolute atomic E-state index is 12.9. The zero-order chi connectivity index (χ0) is 19.0. The fraction of sp³-hybridized carbons (Fsp3) is 0.500. The van der Waals surface area contributed by atoms with E-state index < -0.39 is 0 Å². The van der Waals surface area contributed by atoms with Gasteiger partial charge in [0.25, 0.3) is 0 Å². The van der Waals surface area contributed by atoms with Gasteiger partial charge in [0, 0.05) is 23.0 Å². The minimum absolute atomic E-state index is 0.288. The fourth-order valence-corrected chi connectivity index (χ4v) is 4.41. The standard InChI is InChI=1S/C22H29N3O2/c1-16-14-19(17(2)25(16)18-8-9-18)21(26)15-23-10-12-24(13-11-23)20-6-4-5-7-22(20)27-3/h4-7,14,18H,8-13,15H2,1-3H3/p+1. The van der Waals surface area contributed by atoms with E-state index in [4.69, 9.17) is 4.74 Å². The number of para-hydroxylation sites is 2. The van der Waals surface area contributed by atoms with Crippen LogP contribution in [-0.2, 0) is 0 Å². The SMILES string of the molecule is COc1ccccc1N1CC[NH+](CC(=O)c2cc(C)n(C3CC3)c2C)CC1. The number of anilines is 1. The first kappa shape index (κ1) is 18.1. The molecule has 1 aromatic carbocycles. The van der Waals surface area contributed by atoms with Gasteiger partial charge in [-0.3, -0.25) is 4.79 Å². The third-order valence-electron chi connectivity index (χ3n) is 6.00. The van der Waals surface area contributed by atoms with Crippen LogP contribution < -0.4 is 14.5 Å². The number of aryl methyl sites for hydroxylation is 1. The van der Waals surface area contributed by atoms with E-state index in [-0.39, 0.29) is 5.78 Å². The summed E-state index contributed by atoms with van der Waals surface area (Å²) >= 11 is 0. The second-order valence-corrected chi connectivity index (χ2v) is 7.89. The zero-order valence-electron chi connectivity index (χ0n) is 16.6. The summed E-state index contributed by atoms with van der Waals surface area (Å²) in [6.45, 7) is 8.67. The van der Waals surface area contributed by atoms with E-state index in [1.165, 1.54) is 23.4 Å². The Balaban J connectivity index is 1.38. The molecule has 144 valence electrons. The lowest BCUT2D eigenvalue weighted by molar-refractivity contribution is -0.892. The summed E-state index contributed by atoms with van der Waals surface area (Å²) in [6, 6.07) is 10.9. The van der Waals surface area contributed by atoms with Gasteiger partial charge in [0.1, 0.15) is 12.3 Å². The number of ether oxygens (including phenoxy) is 1. The third-order valence-corrected chi connectivity index (χ3v) is 6.00.